The third kappa shape index (κ3) is 4.24. The predicted molar refractivity (Wildman–Crippen MR) is 127 cm³/mol. The maximum Gasteiger partial charge on any atom is 0.251 e. The molecule has 4 nitrogen and oxygen atoms in total. The molecule has 4 rings (SSSR count). The van der Waals surface area contributed by atoms with E-state index in [1.165, 1.54) is 22.3 Å². The summed E-state index contributed by atoms with van der Waals surface area (Å²) >= 11 is 0. The van der Waals surface area contributed by atoms with E-state index in [1.807, 2.05) is 56.3 Å². The highest BCUT2D eigenvalue weighted by atomic mass is 16.1. The van der Waals surface area contributed by atoms with E-state index in [0.29, 0.717) is 5.56 Å². The van der Waals surface area contributed by atoms with Gasteiger partial charge in [-0.25, -0.2) is 4.98 Å². The van der Waals surface area contributed by atoms with Crippen molar-refractivity contribution in [3.8, 4) is 0 Å². The first-order chi connectivity index (χ1) is 14.8. The largest absolute Gasteiger partial charge is 0.342 e. The molecular formula is C27H29N3O. The average molecular weight is 412 g/mol. The molecule has 4 heteroatoms. The van der Waals surface area contributed by atoms with Crippen molar-refractivity contribution in [3.05, 3.63) is 99.9 Å². The van der Waals surface area contributed by atoms with Gasteiger partial charge in [0.1, 0.15) is 5.82 Å². The minimum atomic E-state index is -0.229. The molecule has 0 saturated carbocycles. The topological polar surface area (TPSA) is 46.9 Å². The Labute approximate surface area is 183 Å². The Morgan fingerprint density at radius 2 is 1.58 bits per heavy atom. The normalized spacial score (nSPS) is 12.2. The molecule has 0 aliphatic rings. The van der Waals surface area contributed by atoms with Crippen LogP contribution in [-0.4, -0.2) is 15.5 Å². The van der Waals surface area contributed by atoms with Crippen LogP contribution in [0.3, 0.4) is 0 Å². The number of aryl methyl sites for hydroxylation is 4. The zero-order valence-electron chi connectivity index (χ0n) is 18.9. The summed E-state index contributed by atoms with van der Waals surface area (Å²) in [6.45, 7) is 11.2. The van der Waals surface area contributed by atoms with Gasteiger partial charge in [0.25, 0.3) is 5.91 Å². The van der Waals surface area contributed by atoms with Gasteiger partial charge in [0, 0.05) is 12.1 Å². The fraction of sp³-hybridized carbons (Fsp3) is 0.259. The molecule has 158 valence electrons. The van der Waals surface area contributed by atoms with Crippen molar-refractivity contribution in [2.24, 2.45) is 0 Å². The molecule has 1 unspecified atom stereocenters. The second kappa shape index (κ2) is 8.38. The van der Waals surface area contributed by atoms with Gasteiger partial charge in [0.05, 0.1) is 17.1 Å². The molecule has 0 spiro atoms. The molecule has 4 aromatic rings. The minimum Gasteiger partial charge on any atom is -0.342 e. The summed E-state index contributed by atoms with van der Waals surface area (Å²) in [6.07, 6.45) is 0. The third-order valence-corrected chi connectivity index (χ3v) is 5.89. The van der Waals surface area contributed by atoms with Crippen LogP contribution in [0.5, 0.6) is 0 Å². The number of aromatic nitrogens is 2. The molecular weight excluding hydrogens is 382 g/mol. The van der Waals surface area contributed by atoms with Crippen LogP contribution >= 0.6 is 0 Å². The SMILES string of the molecule is Cc1ccc(C(=O)NC(C)c2nc3ccccc3n2Cc2c(C)cc(C)cc2C)cc1. The molecule has 1 aromatic heterocycles. The number of imidazole rings is 1. The number of fused-ring (bicyclic) bond motifs is 1. The maximum absolute atomic E-state index is 12.8. The third-order valence-electron chi connectivity index (χ3n) is 5.89. The number of para-hydroxylation sites is 2. The first-order valence-corrected chi connectivity index (χ1v) is 10.7. The van der Waals surface area contributed by atoms with Crippen LogP contribution in [0.2, 0.25) is 0 Å². The van der Waals surface area contributed by atoms with Crippen molar-refractivity contribution < 1.29 is 4.79 Å². The van der Waals surface area contributed by atoms with Gasteiger partial charge in [0.15, 0.2) is 0 Å². The first-order valence-electron chi connectivity index (χ1n) is 10.7. The van der Waals surface area contributed by atoms with E-state index < -0.39 is 0 Å². The van der Waals surface area contributed by atoms with Gasteiger partial charge in [-0.1, -0.05) is 47.5 Å². The molecule has 31 heavy (non-hydrogen) atoms. The van der Waals surface area contributed by atoms with Gasteiger partial charge in [-0.2, -0.15) is 0 Å². The lowest BCUT2D eigenvalue weighted by atomic mass is 9.99. The lowest BCUT2D eigenvalue weighted by molar-refractivity contribution is 0.0937. The van der Waals surface area contributed by atoms with Crippen LogP contribution in [0.15, 0.2) is 60.7 Å². The highest BCUT2D eigenvalue weighted by Crippen LogP contribution is 2.25. The molecule has 0 radical (unpaired) electrons. The van der Waals surface area contributed by atoms with Gasteiger partial charge in [-0.05, 0) is 75.6 Å². The smallest absolute Gasteiger partial charge is 0.251 e. The van der Waals surface area contributed by atoms with E-state index in [2.05, 4.69) is 48.9 Å². The summed E-state index contributed by atoms with van der Waals surface area (Å²) in [5, 5.41) is 3.14. The molecule has 3 aromatic carbocycles. The van der Waals surface area contributed by atoms with E-state index >= 15 is 0 Å². The van der Waals surface area contributed by atoms with Gasteiger partial charge in [0.2, 0.25) is 0 Å². The molecule has 0 aliphatic heterocycles. The van der Waals surface area contributed by atoms with E-state index in [-0.39, 0.29) is 11.9 Å². The monoisotopic (exact) mass is 411 g/mol. The average Bonchev–Trinajstić information content (AvgIpc) is 3.09. The Hall–Kier alpha value is -3.40. The highest BCUT2D eigenvalue weighted by molar-refractivity contribution is 5.94. The molecule has 1 heterocycles. The van der Waals surface area contributed by atoms with Crippen LogP contribution in [-0.2, 0) is 6.54 Å². The number of amides is 1. The van der Waals surface area contributed by atoms with E-state index in [4.69, 9.17) is 4.98 Å². The minimum absolute atomic E-state index is 0.0891. The van der Waals surface area contributed by atoms with Crippen molar-refractivity contribution in [1.82, 2.24) is 14.9 Å². The predicted octanol–water partition coefficient (Wildman–Crippen LogP) is 5.81. The van der Waals surface area contributed by atoms with Crippen molar-refractivity contribution in [3.63, 3.8) is 0 Å². The molecule has 1 N–H and O–H groups in total. The number of hydrogen-bond donors (Lipinski definition) is 1. The summed E-state index contributed by atoms with van der Waals surface area (Å²) in [6, 6.07) is 20.0. The number of benzene rings is 3. The lowest BCUT2D eigenvalue weighted by Crippen LogP contribution is -2.29. The molecule has 1 amide bonds. The lowest BCUT2D eigenvalue weighted by Gasteiger charge is -2.19. The Morgan fingerprint density at radius 1 is 0.935 bits per heavy atom. The molecule has 0 aliphatic carbocycles. The fourth-order valence-corrected chi connectivity index (χ4v) is 4.26. The van der Waals surface area contributed by atoms with Gasteiger partial charge in [-0.15, -0.1) is 0 Å². The standard InChI is InChI=1S/C27H29N3O/c1-17-10-12-22(13-11-17)27(31)28-21(5)26-29-24-8-6-7-9-25(24)30(26)16-23-19(3)14-18(2)15-20(23)4/h6-15,21H,16H2,1-5H3,(H,28,31). The van der Waals surface area contributed by atoms with Gasteiger partial charge < -0.3 is 9.88 Å². The van der Waals surface area contributed by atoms with Gasteiger partial charge in [-0.3, -0.25) is 4.79 Å². The van der Waals surface area contributed by atoms with Crippen molar-refractivity contribution in [2.75, 3.05) is 0 Å². The Kier molecular flexibility index (Phi) is 5.64. The fourth-order valence-electron chi connectivity index (χ4n) is 4.26. The van der Waals surface area contributed by atoms with Gasteiger partial charge >= 0.3 is 0 Å². The highest BCUT2D eigenvalue weighted by Gasteiger charge is 2.20. The molecule has 1 atom stereocenters. The summed E-state index contributed by atoms with van der Waals surface area (Å²) in [5.41, 5.74) is 8.93. The molecule has 0 bridgehead atoms. The van der Waals surface area contributed by atoms with Crippen LogP contribution in [0.25, 0.3) is 11.0 Å². The summed E-state index contributed by atoms with van der Waals surface area (Å²) in [7, 11) is 0. The summed E-state index contributed by atoms with van der Waals surface area (Å²) in [4.78, 5) is 17.7. The number of hydrogen-bond acceptors (Lipinski definition) is 2. The molecule has 0 fully saturated rings. The van der Waals surface area contributed by atoms with E-state index in [1.54, 1.807) is 0 Å². The Bertz CT molecular complexity index is 1230. The second-order valence-electron chi connectivity index (χ2n) is 8.48. The second-order valence-corrected chi connectivity index (χ2v) is 8.48. The molecule has 0 saturated heterocycles. The first kappa shape index (κ1) is 20.9. The van der Waals surface area contributed by atoms with Crippen molar-refractivity contribution in [2.45, 2.75) is 47.2 Å². The van der Waals surface area contributed by atoms with E-state index in [9.17, 15) is 4.79 Å². The Balaban J connectivity index is 1.71. The zero-order chi connectivity index (χ0) is 22.1. The number of carbonyl (C=O) groups is 1. The number of nitrogens with zero attached hydrogens (tertiary/aromatic N) is 2. The van der Waals surface area contributed by atoms with Crippen LogP contribution in [0.4, 0.5) is 0 Å². The number of carbonyl (C=O) groups excluding carboxylic acids is 1. The Morgan fingerprint density at radius 3 is 2.26 bits per heavy atom. The van der Waals surface area contributed by atoms with Crippen LogP contribution < -0.4 is 5.32 Å². The quantitative estimate of drug-likeness (QED) is 0.450. The number of rotatable bonds is 5. The van der Waals surface area contributed by atoms with Crippen LogP contribution in [0.1, 0.15) is 57.0 Å². The van der Waals surface area contributed by atoms with Crippen molar-refractivity contribution in [1.29, 1.82) is 0 Å². The maximum atomic E-state index is 12.8. The van der Waals surface area contributed by atoms with Crippen molar-refractivity contribution >= 4 is 16.9 Å². The zero-order valence-corrected chi connectivity index (χ0v) is 18.9. The number of nitrogens with one attached hydrogen (secondary N) is 1. The summed E-state index contributed by atoms with van der Waals surface area (Å²) < 4.78 is 2.24. The summed E-state index contributed by atoms with van der Waals surface area (Å²) in [5.74, 6) is 0.773. The van der Waals surface area contributed by atoms with E-state index in [0.717, 1.165) is 29.0 Å². The van der Waals surface area contributed by atoms with Crippen LogP contribution in [0, 0.1) is 27.7 Å².